The third kappa shape index (κ3) is 4.13. The Morgan fingerprint density at radius 3 is 2.71 bits per heavy atom. The number of benzene rings is 1. The zero-order chi connectivity index (χ0) is 14.9. The van der Waals surface area contributed by atoms with Crippen LogP contribution in [0, 0.1) is 0 Å². The molecule has 0 aliphatic heterocycles. The van der Waals surface area contributed by atoms with Gasteiger partial charge in [0.25, 0.3) is 0 Å². The van der Waals surface area contributed by atoms with E-state index in [0.29, 0.717) is 0 Å². The van der Waals surface area contributed by atoms with Gasteiger partial charge in [-0.15, -0.1) is 5.73 Å². The normalized spacial score (nSPS) is 19.8. The molecule has 1 aromatic carbocycles. The first-order chi connectivity index (χ1) is 10.4. The highest BCUT2D eigenvalue weighted by molar-refractivity contribution is 8.04. The molecule has 0 N–H and O–H groups in total. The average molecular weight is 291 g/mol. The molecule has 104 valence electrons. The lowest BCUT2D eigenvalue weighted by molar-refractivity contribution is 1.37. The molecule has 1 aromatic rings. The van der Waals surface area contributed by atoms with E-state index in [1.54, 1.807) is 0 Å². The van der Waals surface area contributed by atoms with Gasteiger partial charge in [0, 0.05) is 6.08 Å². The summed E-state index contributed by atoms with van der Waals surface area (Å²) in [5, 5.41) is 0. The first kappa shape index (κ1) is 15.2. The largest absolute Gasteiger partial charge is 0.170 e. The molecule has 0 saturated heterocycles. The summed E-state index contributed by atoms with van der Waals surface area (Å²) in [7, 11) is -0.170. The molecule has 1 aliphatic carbocycles. The van der Waals surface area contributed by atoms with Gasteiger partial charge < -0.3 is 0 Å². The van der Waals surface area contributed by atoms with Gasteiger partial charge in [-0.3, -0.25) is 0 Å². The molecule has 1 aliphatic rings. The molecule has 0 amide bonds. The fourth-order valence-corrected chi connectivity index (χ4v) is 4.11. The lowest BCUT2D eigenvalue weighted by Crippen LogP contribution is -2.07. The molecule has 1 atom stereocenters. The second-order valence-corrected chi connectivity index (χ2v) is 6.40. The zero-order valence-electron chi connectivity index (χ0n) is 12.0. The van der Waals surface area contributed by atoms with Gasteiger partial charge in [-0.1, -0.05) is 49.6 Å². The van der Waals surface area contributed by atoms with E-state index in [0.717, 1.165) is 6.42 Å². The first-order valence-electron chi connectivity index (χ1n) is 6.89. The van der Waals surface area contributed by atoms with Crippen molar-refractivity contribution in [2.24, 2.45) is 0 Å². The van der Waals surface area contributed by atoms with Crippen LogP contribution in [-0.4, -0.2) is 0 Å². The highest BCUT2D eigenvalue weighted by atomic mass is 32.2. The third-order valence-electron chi connectivity index (χ3n) is 2.94. The molecule has 0 spiro atoms. The minimum atomic E-state index is -0.170. The van der Waals surface area contributed by atoms with Crippen molar-refractivity contribution in [3.63, 3.8) is 0 Å². The Labute approximate surface area is 130 Å². The number of allylic oxidation sites excluding steroid dienone is 7. The average Bonchev–Trinajstić information content (AvgIpc) is 2.49. The summed E-state index contributed by atoms with van der Waals surface area (Å²) in [5.41, 5.74) is 3.22. The summed E-state index contributed by atoms with van der Waals surface area (Å²) in [5.74, 6) is 0. The van der Waals surface area contributed by atoms with Crippen molar-refractivity contribution in [2.75, 3.05) is 0 Å². The number of hydrogen-bond acceptors (Lipinski definition) is 0. The van der Waals surface area contributed by atoms with Crippen LogP contribution in [0.15, 0.2) is 113 Å². The molecule has 0 radical (unpaired) electrons. The van der Waals surface area contributed by atoms with Gasteiger partial charge in [-0.05, 0) is 42.9 Å². The molecule has 2 rings (SSSR count). The molecule has 0 saturated carbocycles. The highest BCUT2D eigenvalue weighted by Crippen LogP contribution is 2.31. The van der Waals surface area contributed by atoms with Crippen LogP contribution >= 0.6 is 0 Å². The van der Waals surface area contributed by atoms with Gasteiger partial charge in [0.15, 0.2) is 14.7 Å². The van der Waals surface area contributed by atoms with E-state index in [9.17, 15) is 0 Å². The van der Waals surface area contributed by atoms with Gasteiger partial charge in [0.2, 0.25) is 0 Å². The number of rotatable bonds is 5. The fraction of sp³-hybridized carbons (Fsp3) is 0.0500. The Kier molecular flexibility index (Phi) is 5.90. The summed E-state index contributed by atoms with van der Waals surface area (Å²) >= 11 is 0. The van der Waals surface area contributed by atoms with Crippen LogP contribution in [0.5, 0.6) is 0 Å². The van der Waals surface area contributed by atoms with Crippen LogP contribution in [0.3, 0.4) is 0 Å². The molecule has 1 unspecified atom stereocenters. The minimum absolute atomic E-state index is 0.170. The van der Waals surface area contributed by atoms with Gasteiger partial charge >= 0.3 is 0 Å². The smallest absolute Gasteiger partial charge is 0.116 e. The Bertz CT molecular complexity index is 650. The van der Waals surface area contributed by atoms with Gasteiger partial charge in [-0.25, -0.2) is 0 Å². The molecule has 1 heteroatoms. The Hall–Kier alpha value is -2.21. The van der Waals surface area contributed by atoms with Crippen molar-refractivity contribution in [2.45, 2.75) is 11.3 Å². The summed E-state index contributed by atoms with van der Waals surface area (Å²) in [6.07, 6.45) is 17.1. The summed E-state index contributed by atoms with van der Waals surface area (Å²) in [6.45, 7) is 7.79. The standard InChI is InChI=1S/C20H19S/c1-3-13-18(4-2)21(20-16-11-8-12-17-20)19-14-9-6-5-7-10-15-19/h3-8,11-17H,1-2,9H2/q+1/b6-5-,18-13+,19-14+. The van der Waals surface area contributed by atoms with E-state index in [1.165, 1.54) is 14.7 Å². The van der Waals surface area contributed by atoms with Gasteiger partial charge in [-0.2, -0.15) is 0 Å². The molecule has 0 fully saturated rings. The Morgan fingerprint density at radius 1 is 1.19 bits per heavy atom. The van der Waals surface area contributed by atoms with E-state index in [1.807, 2.05) is 36.4 Å². The molecule has 0 nitrogen and oxygen atoms in total. The lowest BCUT2D eigenvalue weighted by Gasteiger charge is -2.09. The summed E-state index contributed by atoms with van der Waals surface area (Å²) in [6, 6.07) is 10.5. The quantitative estimate of drug-likeness (QED) is 0.383. The predicted octanol–water partition coefficient (Wildman–Crippen LogP) is 5.47. The second kappa shape index (κ2) is 8.16. The van der Waals surface area contributed by atoms with E-state index < -0.39 is 0 Å². The maximum atomic E-state index is 3.97. The molecule has 0 heterocycles. The number of hydrogen-bond donors (Lipinski definition) is 0. The summed E-state index contributed by atoms with van der Waals surface area (Å²) in [4.78, 5) is 3.71. The first-order valence-corrected chi connectivity index (χ1v) is 8.11. The Morgan fingerprint density at radius 2 is 2.00 bits per heavy atom. The van der Waals surface area contributed by atoms with Crippen molar-refractivity contribution in [1.82, 2.24) is 0 Å². The molecular formula is C20H19S+. The van der Waals surface area contributed by atoms with Crippen molar-refractivity contribution in [3.05, 3.63) is 108 Å². The topological polar surface area (TPSA) is 0 Å². The van der Waals surface area contributed by atoms with Crippen molar-refractivity contribution in [3.8, 4) is 0 Å². The monoisotopic (exact) mass is 291 g/mol. The van der Waals surface area contributed by atoms with E-state index in [2.05, 4.69) is 61.4 Å². The van der Waals surface area contributed by atoms with Crippen LogP contribution < -0.4 is 0 Å². The van der Waals surface area contributed by atoms with Crippen molar-refractivity contribution < 1.29 is 0 Å². The zero-order valence-corrected chi connectivity index (χ0v) is 12.9. The van der Waals surface area contributed by atoms with Crippen LogP contribution in [0.2, 0.25) is 0 Å². The molecule has 0 bridgehead atoms. The van der Waals surface area contributed by atoms with Gasteiger partial charge in [0.05, 0.1) is 10.9 Å². The molecular weight excluding hydrogens is 272 g/mol. The molecule has 21 heavy (non-hydrogen) atoms. The maximum absolute atomic E-state index is 3.97. The minimum Gasteiger partial charge on any atom is -0.116 e. The third-order valence-corrected chi connectivity index (χ3v) is 5.22. The predicted molar refractivity (Wildman–Crippen MR) is 95.0 cm³/mol. The second-order valence-electron chi connectivity index (χ2n) is 4.38. The SMILES string of the molecule is C=C/C=C(\C=C)[S+](/C1=C/C/C=C\C=C=C1)c1ccccc1. The summed E-state index contributed by atoms with van der Waals surface area (Å²) < 4.78 is 0. The van der Waals surface area contributed by atoms with E-state index >= 15 is 0 Å². The highest BCUT2D eigenvalue weighted by Gasteiger charge is 2.29. The Balaban J connectivity index is 2.53. The van der Waals surface area contributed by atoms with Crippen LogP contribution in [0.25, 0.3) is 0 Å². The van der Waals surface area contributed by atoms with Crippen LogP contribution in [-0.2, 0) is 10.9 Å². The van der Waals surface area contributed by atoms with Crippen molar-refractivity contribution in [1.29, 1.82) is 0 Å². The van der Waals surface area contributed by atoms with E-state index in [4.69, 9.17) is 0 Å². The maximum Gasteiger partial charge on any atom is 0.170 e. The molecule has 0 aromatic heterocycles. The van der Waals surface area contributed by atoms with Crippen molar-refractivity contribution >= 4 is 10.9 Å². The lowest BCUT2D eigenvalue weighted by atomic mass is 10.3. The van der Waals surface area contributed by atoms with Crippen LogP contribution in [0.1, 0.15) is 6.42 Å². The van der Waals surface area contributed by atoms with Gasteiger partial charge in [0.1, 0.15) is 0 Å². The van der Waals surface area contributed by atoms with Crippen LogP contribution in [0.4, 0.5) is 0 Å². The fourth-order valence-electron chi connectivity index (χ4n) is 2.02. The van der Waals surface area contributed by atoms with E-state index in [-0.39, 0.29) is 10.9 Å².